The average molecular weight is 418 g/mol. The van der Waals surface area contributed by atoms with Crippen molar-refractivity contribution in [2.24, 2.45) is 0 Å². The fourth-order valence-electron chi connectivity index (χ4n) is 2.65. The molecule has 0 atom stereocenters. The predicted octanol–water partition coefficient (Wildman–Crippen LogP) is -2.77. The first-order valence-corrected chi connectivity index (χ1v) is 8.99. The van der Waals surface area contributed by atoms with E-state index in [9.17, 15) is 4.79 Å². The van der Waals surface area contributed by atoms with Crippen LogP contribution in [0.5, 0.6) is 0 Å². The summed E-state index contributed by atoms with van der Waals surface area (Å²) in [5.74, 6) is -0.653. The van der Waals surface area contributed by atoms with Gasteiger partial charge in [-0.2, -0.15) is 0 Å². The van der Waals surface area contributed by atoms with Crippen LogP contribution in [-0.2, 0) is 10.3 Å². The molecule has 0 aromatic heterocycles. The maximum absolute atomic E-state index is 10.3. The van der Waals surface area contributed by atoms with Crippen molar-refractivity contribution in [3.05, 3.63) is 0 Å². The molecule has 0 bridgehead atoms. The van der Waals surface area contributed by atoms with E-state index in [2.05, 4.69) is 6.92 Å². The van der Waals surface area contributed by atoms with E-state index in [0.717, 1.165) is 12.8 Å². The minimum absolute atomic E-state index is 0. The van der Waals surface area contributed by atoms with Crippen molar-refractivity contribution in [3.63, 3.8) is 0 Å². The number of hydrogen-bond acceptors (Lipinski definition) is 1. The van der Waals surface area contributed by atoms with Crippen LogP contribution < -0.4 is 154 Å². The smallest absolute Gasteiger partial charge is 1.00 e. The fourth-order valence-corrected chi connectivity index (χ4v) is 2.65. The third-order valence-electron chi connectivity index (χ3n) is 3.99. The molecule has 0 rings (SSSR count). The maximum Gasteiger partial charge on any atom is 1.00 e. The Hall–Kier alpha value is 4.34. The van der Waals surface area contributed by atoms with Gasteiger partial charge in [0.05, 0.1) is 0 Å². The molecule has 1 N–H and O–H groups in total. The molecule has 0 aliphatic heterocycles. The number of unbranched alkanes of at least 4 members (excludes halogenated alkanes) is 14. The Labute approximate surface area is 278 Å². The van der Waals surface area contributed by atoms with Crippen LogP contribution in [0.1, 0.15) is 110 Å². The molecular formula is C18H36K3O3+. The van der Waals surface area contributed by atoms with E-state index in [1.54, 1.807) is 0 Å². The molecule has 0 aromatic carbocycles. The summed E-state index contributed by atoms with van der Waals surface area (Å²) in [5, 5.41) is 8.52. The molecule has 6 heteroatoms. The zero-order valence-corrected chi connectivity index (χ0v) is 26.4. The van der Waals surface area contributed by atoms with Crippen LogP contribution in [0, 0.1) is 0 Å². The first kappa shape index (κ1) is 38.9. The van der Waals surface area contributed by atoms with Gasteiger partial charge in [-0.15, -0.1) is 0 Å². The Morgan fingerprint density at radius 1 is 0.583 bits per heavy atom. The third-order valence-corrected chi connectivity index (χ3v) is 3.99. The second-order valence-corrected chi connectivity index (χ2v) is 6.09. The second kappa shape index (κ2) is 34.8. The molecule has 0 saturated heterocycles. The van der Waals surface area contributed by atoms with Crippen LogP contribution in [-0.4, -0.2) is 11.1 Å². The van der Waals surface area contributed by atoms with E-state index in [-0.39, 0.29) is 160 Å². The molecule has 0 amide bonds. The van der Waals surface area contributed by atoms with Gasteiger partial charge in [0.2, 0.25) is 0 Å². The summed E-state index contributed by atoms with van der Waals surface area (Å²) in [7, 11) is 0. The number of rotatable bonds is 16. The SMILES string of the molecule is CCCCCCCCCCCCCCCCCC(=O)O.[K+].[K+].[K+].[O-2]. The summed E-state index contributed by atoms with van der Waals surface area (Å²) >= 11 is 0. The van der Waals surface area contributed by atoms with Gasteiger partial charge in [0.15, 0.2) is 0 Å². The van der Waals surface area contributed by atoms with Crippen molar-refractivity contribution >= 4 is 5.97 Å². The summed E-state index contributed by atoms with van der Waals surface area (Å²) in [6.07, 6.45) is 20.2. The van der Waals surface area contributed by atoms with Gasteiger partial charge in [0, 0.05) is 6.42 Å². The molecule has 0 saturated carbocycles. The fraction of sp³-hybridized carbons (Fsp3) is 0.944. The third kappa shape index (κ3) is 37.1. The molecule has 0 heterocycles. The van der Waals surface area contributed by atoms with Crippen molar-refractivity contribution < 1.29 is 170 Å². The van der Waals surface area contributed by atoms with Gasteiger partial charge in [-0.1, -0.05) is 96.8 Å². The zero-order chi connectivity index (χ0) is 14.9. The van der Waals surface area contributed by atoms with Crippen molar-refractivity contribution in [1.82, 2.24) is 0 Å². The van der Waals surface area contributed by atoms with Crippen LogP contribution in [0.2, 0.25) is 0 Å². The van der Waals surface area contributed by atoms with Crippen LogP contribution in [0.15, 0.2) is 0 Å². The van der Waals surface area contributed by atoms with Gasteiger partial charge in [-0.3, -0.25) is 4.79 Å². The van der Waals surface area contributed by atoms with Crippen LogP contribution in [0.25, 0.3) is 0 Å². The Bertz CT molecular complexity index is 218. The molecule has 0 radical (unpaired) electrons. The van der Waals surface area contributed by atoms with Gasteiger partial charge in [0.1, 0.15) is 0 Å². The van der Waals surface area contributed by atoms with E-state index in [1.165, 1.54) is 83.5 Å². The summed E-state index contributed by atoms with van der Waals surface area (Å²) in [4.78, 5) is 10.3. The summed E-state index contributed by atoms with van der Waals surface area (Å²) in [5.41, 5.74) is 0. The van der Waals surface area contributed by atoms with Gasteiger partial charge in [0.25, 0.3) is 0 Å². The first-order valence-electron chi connectivity index (χ1n) is 8.99. The summed E-state index contributed by atoms with van der Waals surface area (Å²) < 4.78 is 0. The topological polar surface area (TPSA) is 65.8 Å². The number of hydrogen-bond donors (Lipinski definition) is 1. The Morgan fingerprint density at radius 2 is 0.833 bits per heavy atom. The Kier molecular flexibility index (Phi) is 56.4. The minimum Gasteiger partial charge on any atom is -2.00 e. The molecule has 0 fully saturated rings. The standard InChI is InChI=1S/C18H36O2.3K.O/c1-2-3-4-5-6-7-8-9-10-11-12-13-14-15-16-17-18(19)20;;;;/h2-17H2,1H3,(H,19,20);;;;/q;3*+1;-2. The van der Waals surface area contributed by atoms with E-state index in [0.29, 0.717) is 6.42 Å². The number of carboxylic acids is 1. The van der Waals surface area contributed by atoms with Crippen LogP contribution >= 0.6 is 0 Å². The van der Waals surface area contributed by atoms with Gasteiger partial charge in [-0.05, 0) is 6.42 Å². The van der Waals surface area contributed by atoms with E-state index in [4.69, 9.17) is 5.11 Å². The molecule has 0 aliphatic rings. The van der Waals surface area contributed by atoms with E-state index in [1.807, 2.05) is 0 Å². The van der Waals surface area contributed by atoms with E-state index >= 15 is 0 Å². The van der Waals surface area contributed by atoms with Gasteiger partial charge < -0.3 is 10.6 Å². The van der Waals surface area contributed by atoms with Crippen molar-refractivity contribution in [2.45, 2.75) is 110 Å². The van der Waals surface area contributed by atoms with Gasteiger partial charge in [-0.25, -0.2) is 0 Å². The molecule has 0 aromatic rings. The number of carbonyl (C=O) groups is 1. The molecule has 0 unspecified atom stereocenters. The van der Waals surface area contributed by atoms with Crippen molar-refractivity contribution in [1.29, 1.82) is 0 Å². The largest absolute Gasteiger partial charge is 2.00 e. The molecule has 24 heavy (non-hydrogen) atoms. The monoisotopic (exact) mass is 417 g/mol. The quantitative estimate of drug-likeness (QED) is 0.218. The summed E-state index contributed by atoms with van der Waals surface area (Å²) in [6, 6.07) is 0. The minimum atomic E-state index is -0.653. The molecular weight excluding hydrogens is 381 g/mol. The van der Waals surface area contributed by atoms with Crippen LogP contribution in [0.4, 0.5) is 0 Å². The second-order valence-electron chi connectivity index (χ2n) is 6.09. The maximum atomic E-state index is 10.3. The van der Waals surface area contributed by atoms with Crippen LogP contribution in [0.3, 0.4) is 0 Å². The van der Waals surface area contributed by atoms with E-state index < -0.39 is 5.97 Å². The molecule has 128 valence electrons. The number of aliphatic carboxylic acids is 1. The van der Waals surface area contributed by atoms with Gasteiger partial charge >= 0.3 is 160 Å². The average Bonchev–Trinajstić information content (AvgIpc) is 2.43. The first-order chi connectivity index (χ1) is 9.77. The zero-order valence-electron chi connectivity index (χ0n) is 17.1. The van der Waals surface area contributed by atoms with Crippen molar-refractivity contribution in [2.75, 3.05) is 0 Å². The predicted molar refractivity (Wildman–Crippen MR) is 87.9 cm³/mol. The Morgan fingerprint density at radius 3 is 1.08 bits per heavy atom. The molecule has 0 spiro atoms. The van der Waals surface area contributed by atoms with Crippen molar-refractivity contribution in [3.8, 4) is 0 Å². The number of carboxylic acid groups (broad SMARTS) is 1. The normalized spacial score (nSPS) is 9.04. The Balaban J connectivity index is -0.000000301. The summed E-state index contributed by atoms with van der Waals surface area (Å²) in [6.45, 7) is 2.27. The molecule has 3 nitrogen and oxygen atoms in total. The molecule has 0 aliphatic carbocycles.